The number of halogens is 1. The lowest BCUT2D eigenvalue weighted by Crippen LogP contribution is -2.11. The zero-order valence-electron chi connectivity index (χ0n) is 12.8. The molecule has 0 aromatic heterocycles. The molecule has 0 radical (unpaired) electrons. The highest BCUT2D eigenvalue weighted by Gasteiger charge is 1.99. The number of rotatable bonds is 9. The summed E-state index contributed by atoms with van der Waals surface area (Å²) in [7, 11) is 0. The molecule has 4 heteroatoms. The van der Waals surface area contributed by atoms with Gasteiger partial charge in [-0.05, 0) is 42.8 Å². The molecule has 0 aliphatic carbocycles. The van der Waals surface area contributed by atoms with Gasteiger partial charge in [-0.15, -0.1) is 0 Å². The lowest BCUT2D eigenvalue weighted by Gasteiger charge is -2.10. The van der Waals surface area contributed by atoms with Gasteiger partial charge in [0.25, 0.3) is 0 Å². The van der Waals surface area contributed by atoms with Crippen molar-refractivity contribution in [3.8, 4) is 11.5 Å². The van der Waals surface area contributed by atoms with Gasteiger partial charge < -0.3 is 14.8 Å². The largest absolute Gasteiger partial charge is 0.494 e. The molecule has 2 aromatic carbocycles. The minimum atomic E-state index is 0.554. The van der Waals surface area contributed by atoms with Crippen LogP contribution in [-0.2, 0) is 0 Å². The van der Waals surface area contributed by atoms with Crippen molar-refractivity contribution in [2.24, 2.45) is 0 Å². The maximum Gasteiger partial charge on any atom is 0.137 e. The molecule has 0 saturated heterocycles. The molecule has 0 bridgehead atoms. The summed E-state index contributed by atoms with van der Waals surface area (Å²) in [6.45, 7) is 4.19. The Morgan fingerprint density at radius 3 is 2.45 bits per heavy atom. The minimum absolute atomic E-state index is 0.554. The van der Waals surface area contributed by atoms with Crippen LogP contribution in [0.1, 0.15) is 19.8 Å². The van der Waals surface area contributed by atoms with Crippen molar-refractivity contribution in [1.29, 1.82) is 0 Å². The van der Waals surface area contributed by atoms with Gasteiger partial charge in [0, 0.05) is 12.2 Å². The summed E-state index contributed by atoms with van der Waals surface area (Å²) in [5, 5.41) is 3.94. The van der Waals surface area contributed by atoms with Crippen LogP contribution in [0.25, 0.3) is 0 Å². The molecule has 1 N–H and O–H groups in total. The van der Waals surface area contributed by atoms with E-state index in [0.717, 1.165) is 30.9 Å². The van der Waals surface area contributed by atoms with Crippen molar-refractivity contribution in [1.82, 2.24) is 0 Å². The predicted molar refractivity (Wildman–Crippen MR) is 92.3 cm³/mol. The molecule has 2 aromatic rings. The number of benzene rings is 2. The monoisotopic (exact) mass is 319 g/mol. The standard InChI is InChI=1S/C18H22ClNO2/c1-2-3-13-21-16-10-8-15(9-11-16)20-12-14-22-18-7-5-4-6-17(18)19/h4-11,20H,2-3,12-14H2,1H3. The Morgan fingerprint density at radius 1 is 0.955 bits per heavy atom. The van der Waals surface area contributed by atoms with Gasteiger partial charge in [0.15, 0.2) is 0 Å². The molecule has 3 nitrogen and oxygen atoms in total. The summed E-state index contributed by atoms with van der Waals surface area (Å²) in [5.41, 5.74) is 1.05. The first-order valence-electron chi connectivity index (χ1n) is 7.63. The third kappa shape index (κ3) is 5.49. The molecule has 118 valence electrons. The summed E-state index contributed by atoms with van der Waals surface area (Å²) >= 11 is 6.03. The third-order valence-electron chi connectivity index (χ3n) is 3.15. The molecular formula is C18H22ClNO2. The molecule has 0 spiro atoms. The van der Waals surface area contributed by atoms with Gasteiger partial charge in [-0.25, -0.2) is 0 Å². The van der Waals surface area contributed by atoms with Crippen LogP contribution in [0.3, 0.4) is 0 Å². The zero-order chi connectivity index (χ0) is 15.6. The van der Waals surface area contributed by atoms with Crippen LogP contribution in [0.5, 0.6) is 11.5 Å². The highest BCUT2D eigenvalue weighted by Crippen LogP contribution is 2.23. The van der Waals surface area contributed by atoms with Crippen molar-refractivity contribution in [3.63, 3.8) is 0 Å². The fourth-order valence-corrected chi connectivity index (χ4v) is 2.11. The van der Waals surface area contributed by atoms with E-state index in [0.29, 0.717) is 23.9 Å². The molecule has 0 aliphatic rings. The van der Waals surface area contributed by atoms with E-state index >= 15 is 0 Å². The van der Waals surface area contributed by atoms with Crippen LogP contribution in [0.15, 0.2) is 48.5 Å². The van der Waals surface area contributed by atoms with Crippen LogP contribution in [0, 0.1) is 0 Å². The molecule has 0 saturated carbocycles. The quantitative estimate of drug-likeness (QED) is 0.659. The molecular weight excluding hydrogens is 298 g/mol. The van der Waals surface area contributed by atoms with Gasteiger partial charge in [-0.2, -0.15) is 0 Å². The average molecular weight is 320 g/mol. The van der Waals surface area contributed by atoms with Crippen molar-refractivity contribution in [3.05, 3.63) is 53.6 Å². The van der Waals surface area contributed by atoms with Gasteiger partial charge in [0.2, 0.25) is 0 Å². The lowest BCUT2D eigenvalue weighted by molar-refractivity contribution is 0.309. The van der Waals surface area contributed by atoms with E-state index < -0.39 is 0 Å². The van der Waals surface area contributed by atoms with E-state index in [1.807, 2.05) is 48.5 Å². The van der Waals surface area contributed by atoms with Gasteiger partial charge in [-0.1, -0.05) is 37.1 Å². The zero-order valence-corrected chi connectivity index (χ0v) is 13.6. The number of para-hydroxylation sites is 1. The first-order chi connectivity index (χ1) is 10.8. The van der Waals surface area contributed by atoms with E-state index in [1.54, 1.807) is 0 Å². The number of nitrogens with one attached hydrogen (secondary N) is 1. The van der Waals surface area contributed by atoms with Crippen molar-refractivity contribution in [2.45, 2.75) is 19.8 Å². The molecule has 0 unspecified atom stereocenters. The van der Waals surface area contributed by atoms with Crippen LogP contribution in [-0.4, -0.2) is 19.8 Å². The van der Waals surface area contributed by atoms with E-state index in [4.69, 9.17) is 21.1 Å². The molecule has 0 atom stereocenters. The molecule has 22 heavy (non-hydrogen) atoms. The normalized spacial score (nSPS) is 10.3. The van der Waals surface area contributed by atoms with Gasteiger partial charge in [-0.3, -0.25) is 0 Å². The van der Waals surface area contributed by atoms with Gasteiger partial charge in [0.1, 0.15) is 18.1 Å². The molecule has 0 amide bonds. The number of ether oxygens (including phenoxy) is 2. The minimum Gasteiger partial charge on any atom is -0.494 e. The Balaban J connectivity index is 1.70. The topological polar surface area (TPSA) is 30.5 Å². The maximum absolute atomic E-state index is 6.03. The third-order valence-corrected chi connectivity index (χ3v) is 3.46. The lowest BCUT2D eigenvalue weighted by atomic mass is 10.3. The SMILES string of the molecule is CCCCOc1ccc(NCCOc2ccccc2Cl)cc1. The van der Waals surface area contributed by atoms with Gasteiger partial charge >= 0.3 is 0 Å². The number of unbranched alkanes of at least 4 members (excludes halogenated alkanes) is 1. The summed E-state index contributed by atoms with van der Waals surface area (Å²) in [6, 6.07) is 15.5. The summed E-state index contributed by atoms with van der Waals surface area (Å²) in [6.07, 6.45) is 2.23. The van der Waals surface area contributed by atoms with Crippen LogP contribution in [0.2, 0.25) is 5.02 Å². The Hall–Kier alpha value is -1.87. The van der Waals surface area contributed by atoms with Crippen LogP contribution in [0.4, 0.5) is 5.69 Å². The Bertz CT molecular complexity index is 557. The van der Waals surface area contributed by atoms with Gasteiger partial charge in [0.05, 0.1) is 11.6 Å². The first-order valence-corrected chi connectivity index (χ1v) is 8.01. The number of anilines is 1. The van der Waals surface area contributed by atoms with Crippen LogP contribution < -0.4 is 14.8 Å². The average Bonchev–Trinajstić information content (AvgIpc) is 2.55. The second-order valence-corrected chi connectivity index (χ2v) is 5.34. The molecule has 0 fully saturated rings. The van der Waals surface area contributed by atoms with E-state index in [-0.39, 0.29) is 0 Å². The highest BCUT2D eigenvalue weighted by molar-refractivity contribution is 6.32. The summed E-state index contributed by atoms with van der Waals surface area (Å²) in [4.78, 5) is 0. The maximum atomic E-state index is 6.03. The fraction of sp³-hybridized carbons (Fsp3) is 0.333. The molecule has 2 rings (SSSR count). The predicted octanol–water partition coefficient (Wildman–Crippen LogP) is 5.01. The van der Waals surface area contributed by atoms with E-state index in [9.17, 15) is 0 Å². The second kappa shape index (κ2) is 9.21. The highest BCUT2D eigenvalue weighted by atomic mass is 35.5. The number of hydrogen-bond donors (Lipinski definition) is 1. The molecule has 0 aliphatic heterocycles. The Morgan fingerprint density at radius 2 is 1.73 bits per heavy atom. The Kier molecular flexibility index (Phi) is 6.91. The fourth-order valence-electron chi connectivity index (χ4n) is 1.92. The van der Waals surface area contributed by atoms with Crippen molar-refractivity contribution >= 4 is 17.3 Å². The smallest absolute Gasteiger partial charge is 0.137 e. The van der Waals surface area contributed by atoms with Crippen molar-refractivity contribution < 1.29 is 9.47 Å². The number of hydrogen-bond acceptors (Lipinski definition) is 3. The van der Waals surface area contributed by atoms with Crippen LogP contribution >= 0.6 is 11.6 Å². The van der Waals surface area contributed by atoms with E-state index in [1.165, 1.54) is 0 Å². The molecule has 0 heterocycles. The summed E-state index contributed by atoms with van der Waals surface area (Å²) < 4.78 is 11.3. The van der Waals surface area contributed by atoms with E-state index in [2.05, 4.69) is 12.2 Å². The Labute approximate surface area is 137 Å². The second-order valence-electron chi connectivity index (χ2n) is 4.93. The van der Waals surface area contributed by atoms with Crippen molar-refractivity contribution in [2.75, 3.05) is 25.1 Å². The first kappa shape index (κ1) is 16.5. The summed E-state index contributed by atoms with van der Waals surface area (Å²) in [5.74, 6) is 1.62.